The Bertz CT molecular complexity index is 1040. The fourth-order valence-corrected chi connectivity index (χ4v) is 4.73. The van der Waals surface area contributed by atoms with Crippen LogP contribution in [0.3, 0.4) is 0 Å². The summed E-state index contributed by atoms with van der Waals surface area (Å²) in [6.45, 7) is 5.50. The average Bonchev–Trinajstić information content (AvgIpc) is 2.90. The molecule has 0 aromatic heterocycles. The number of amides is 1. The largest absolute Gasteiger partial charge is 0.465 e. The number of carbonyl (C=O) groups is 2. The van der Waals surface area contributed by atoms with E-state index in [9.17, 15) is 22.8 Å². The van der Waals surface area contributed by atoms with Crippen LogP contribution in [0.4, 0.5) is 24.5 Å². The number of benzene rings is 2. The van der Waals surface area contributed by atoms with Crippen LogP contribution >= 0.6 is 0 Å². The zero-order chi connectivity index (χ0) is 23.6. The summed E-state index contributed by atoms with van der Waals surface area (Å²) in [5, 5.41) is 1.73. The highest BCUT2D eigenvalue weighted by atomic mass is 19.4. The summed E-state index contributed by atoms with van der Waals surface area (Å²) in [6, 6.07) is 9.34. The number of ether oxygens (including phenoxy) is 1. The van der Waals surface area contributed by atoms with E-state index in [-0.39, 0.29) is 31.4 Å². The number of alkyl halides is 3. The van der Waals surface area contributed by atoms with Gasteiger partial charge in [0.25, 0.3) is 5.91 Å². The lowest BCUT2D eigenvalue weighted by Gasteiger charge is -2.26. The minimum Gasteiger partial charge on any atom is -0.465 e. The van der Waals surface area contributed by atoms with Crippen molar-refractivity contribution in [3.8, 4) is 0 Å². The molecule has 1 saturated heterocycles. The number of hydrogen-bond donors (Lipinski definition) is 0. The van der Waals surface area contributed by atoms with E-state index < -0.39 is 12.6 Å². The lowest BCUT2D eigenvalue weighted by atomic mass is 10.0. The maximum Gasteiger partial charge on any atom is 0.389 e. The van der Waals surface area contributed by atoms with Crippen LogP contribution in [0.15, 0.2) is 30.3 Å². The normalized spacial score (nSPS) is 17.0. The minimum absolute atomic E-state index is 0.0357. The van der Waals surface area contributed by atoms with Crippen LogP contribution < -0.4 is 9.80 Å². The Morgan fingerprint density at radius 1 is 1.06 bits per heavy atom. The Hall–Kier alpha value is -2.81. The van der Waals surface area contributed by atoms with Gasteiger partial charge in [0.2, 0.25) is 0 Å². The predicted molar refractivity (Wildman–Crippen MR) is 121 cm³/mol. The molecule has 0 N–H and O–H groups in total. The van der Waals surface area contributed by atoms with Gasteiger partial charge in [0.05, 0.1) is 18.8 Å². The minimum atomic E-state index is -4.23. The molecule has 2 aromatic rings. The second-order valence-electron chi connectivity index (χ2n) is 8.43. The van der Waals surface area contributed by atoms with Gasteiger partial charge in [-0.25, -0.2) is 0 Å². The third kappa shape index (κ3) is 5.08. The van der Waals surface area contributed by atoms with Crippen LogP contribution in [0, 0.1) is 0 Å². The van der Waals surface area contributed by atoms with Crippen LogP contribution in [0.25, 0.3) is 10.8 Å². The molecule has 1 amide bonds. The molecule has 2 heterocycles. The van der Waals surface area contributed by atoms with Gasteiger partial charge in [-0.15, -0.1) is 0 Å². The molecule has 178 valence electrons. The Labute approximate surface area is 190 Å². The van der Waals surface area contributed by atoms with Crippen LogP contribution in [-0.2, 0) is 9.53 Å². The van der Waals surface area contributed by atoms with Crippen molar-refractivity contribution in [3.05, 3.63) is 35.9 Å². The van der Waals surface area contributed by atoms with Gasteiger partial charge in [-0.1, -0.05) is 12.1 Å². The van der Waals surface area contributed by atoms with E-state index in [1.54, 1.807) is 13.0 Å². The number of rotatable bonds is 7. The average molecular weight is 464 g/mol. The molecule has 1 fully saturated rings. The van der Waals surface area contributed by atoms with Crippen molar-refractivity contribution in [1.82, 2.24) is 4.90 Å². The summed E-state index contributed by atoms with van der Waals surface area (Å²) < 4.78 is 42.9. The molecule has 0 saturated carbocycles. The van der Waals surface area contributed by atoms with Crippen LogP contribution in [0.1, 0.15) is 36.5 Å². The summed E-state index contributed by atoms with van der Waals surface area (Å²) in [6.07, 6.45) is -4.40. The summed E-state index contributed by atoms with van der Waals surface area (Å²) in [7, 11) is 0. The number of hydrogen-bond acceptors (Lipinski definition) is 5. The van der Waals surface area contributed by atoms with Crippen molar-refractivity contribution in [2.24, 2.45) is 0 Å². The van der Waals surface area contributed by atoms with E-state index in [1.165, 1.54) is 4.90 Å². The quantitative estimate of drug-likeness (QED) is 0.576. The third-order valence-electron chi connectivity index (χ3n) is 6.19. The van der Waals surface area contributed by atoms with E-state index in [0.29, 0.717) is 24.4 Å². The summed E-state index contributed by atoms with van der Waals surface area (Å²) in [5.41, 5.74) is 2.21. The van der Waals surface area contributed by atoms with Crippen molar-refractivity contribution in [1.29, 1.82) is 0 Å². The number of anilines is 2. The highest BCUT2D eigenvalue weighted by Gasteiger charge is 2.33. The Balaban J connectivity index is 1.54. The second-order valence-corrected chi connectivity index (χ2v) is 8.43. The fourth-order valence-electron chi connectivity index (χ4n) is 4.73. The lowest BCUT2D eigenvalue weighted by molar-refractivity contribution is -0.144. The first kappa shape index (κ1) is 23.4. The van der Waals surface area contributed by atoms with E-state index in [2.05, 4.69) is 9.80 Å². The molecule has 2 aliphatic rings. The smallest absolute Gasteiger partial charge is 0.389 e. The molecule has 4 rings (SSSR count). The van der Waals surface area contributed by atoms with Crippen molar-refractivity contribution in [3.63, 3.8) is 0 Å². The van der Waals surface area contributed by atoms with Gasteiger partial charge in [-0.05, 0) is 38.0 Å². The SMILES string of the molecule is CCOC(=O)CN1CCCN(c2ccc3c4c(cccc24)C(=O)N3CCCC(F)(F)F)CC1. The third-order valence-corrected chi connectivity index (χ3v) is 6.19. The van der Waals surface area contributed by atoms with Gasteiger partial charge in [-0.2, -0.15) is 13.2 Å². The first-order valence-corrected chi connectivity index (χ1v) is 11.4. The number of halogens is 3. The van der Waals surface area contributed by atoms with E-state index in [4.69, 9.17) is 4.74 Å². The Kier molecular flexibility index (Phi) is 6.78. The molecule has 6 nitrogen and oxygen atoms in total. The molecule has 9 heteroatoms. The number of esters is 1. The number of carbonyl (C=O) groups excluding carboxylic acids is 2. The van der Waals surface area contributed by atoms with E-state index in [0.717, 1.165) is 42.5 Å². The zero-order valence-electron chi connectivity index (χ0n) is 18.7. The highest BCUT2D eigenvalue weighted by molar-refractivity contribution is 6.26. The highest BCUT2D eigenvalue weighted by Crippen LogP contribution is 2.42. The molecule has 0 spiro atoms. The van der Waals surface area contributed by atoms with Crippen LogP contribution in [-0.4, -0.2) is 68.8 Å². The van der Waals surface area contributed by atoms with Crippen LogP contribution in [0.5, 0.6) is 0 Å². The van der Waals surface area contributed by atoms with Gasteiger partial charge >= 0.3 is 12.1 Å². The molecule has 0 radical (unpaired) electrons. The van der Waals surface area contributed by atoms with Gasteiger partial charge < -0.3 is 14.5 Å². The molecule has 33 heavy (non-hydrogen) atoms. The number of nitrogens with zero attached hydrogens (tertiary/aromatic N) is 3. The summed E-state index contributed by atoms with van der Waals surface area (Å²) >= 11 is 0. The molecule has 0 atom stereocenters. The predicted octanol–water partition coefficient (Wildman–Crippen LogP) is 4.22. The Morgan fingerprint density at radius 3 is 2.61 bits per heavy atom. The molecule has 0 aliphatic carbocycles. The van der Waals surface area contributed by atoms with Crippen molar-refractivity contribution >= 4 is 34.0 Å². The van der Waals surface area contributed by atoms with Crippen molar-refractivity contribution < 1.29 is 27.5 Å². The maximum atomic E-state index is 13.0. The molecule has 2 aromatic carbocycles. The van der Waals surface area contributed by atoms with Crippen LogP contribution in [0.2, 0.25) is 0 Å². The Morgan fingerprint density at radius 2 is 1.85 bits per heavy atom. The maximum absolute atomic E-state index is 13.0. The first-order valence-electron chi connectivity index (χ1n) is 11.4. The summed E-state index contributed by atoms with van der Waals surface area (Å²) in [4.78, 5) is 30.6. The zero-order valence-corrected chi connectivity index (χ0v) is 18.7. The second kappa shape index (κ2) is 9.59. The van der Waals surface area contributed by atoms with Crippen molar-refractivity contribution in [2.75, 3.05) is 55.7 Å². The van der Waals surface area contributed by atoms with Gasteiger partial charge in [0.15, 0.2) is 0 Å². The molecule has 0 unspecified atom stereocenters. The van der Waals surface area contributed by atoms with E-state index >= 15 is 0 Å². The molecule has 0 bridgehead atoms. The summed E-state index contributed by atoms with van der Waals surface area (Å²) in [5.74, 6) is -0.466. The van der Waals surface area contributed by atoms with Gasteiger partial charge in [-0.3, -0.25) is 14.5 Å². The first-order chi connectivity index (χ1) is 15.8. The van der Waals surface area contributed by atoms with Crippen molar-refractivity contribution in [2.45, 2.75) is 32.4 Å². The lowest BCUT2D eigenvalue weighted by Crippen LogP contribution is -2.35. The van der Waals surface area contributed by atoms with Gasteiger partial charge in [0.1, 0.15) is 0 Å². The van der Waals surface area contributed by atoms with E-state index in [1.807, 2.05) is 24.3 Å². The molecular weight excluding hydrogens is 435 g/mol. The molecular formula is C24H28F3N3O3. The monoisotopic (exact) mass is 463 g/mol. The molecule has 2 aliphatic heterocycles. The topological polar surface area (TPSA) is 53.1 Å². The standard InChI is InChI=1S/C24H28F3N3O3/c1-2-33-21(31)16-28-11-5-12-29(15-14-28)19-8-9-20-22-17(19)6-3-7-18(22)23(32)30(20)13-4-10-24(25,26)27/h3,6-9H,2,4-5,10-16H2,1H3. The van der Waals surface area contributed by atoms with Gasteiger partial charge in [0, 0.05) is 61.2 Å². The fraction of sp³-hybridized carbons (Fsp3) is 0.500.